The first-order chi connectivity index (χ1) is 16.8. The molecule has 2 saturated heterocycles. The Bertz CT molecular complexity index is 1320. The number of carbonyl (C=O) groups excluding carboxylic acids is 4. The van der Waals surface area contributed by atoms with Gasteiger partial charge in [-0.2, -0.15) is 5.10 Å². The molecule has 3 heterocycles. The van der Waals surface area contributed by atoms with Crippen LogP contribution in [0, 0.1) is 22.0 Å². The zero-order chi connectivity index (χ0) is 24.9. The molecule has 2 amide bonds. The SMILES string of the molecule is CC(=O)Oc1ccc(C(=O)[C@@H]2[C@H]3C(=O)N(c4ccc([N+](=O)[O-])cc4)C(=O)[C@@H]3[C@H]3C=CC=NN32)cc1. The van der Waals surface area contributed by atoms with Crippen molar-refractivity contribution in [2.45, 2.75) is 19.0 Å². The maximum absolute atomic E-state index is 13.6. The van der Waals surface area contributed by atoms with Gasteiger partial charge < -0.3 is 4.74 Å². The van der Waals surface area contributed by atoms with Crippen molar-refractivity contribution in [3.05, 3.63) is 76.4 Å². The first-order valence-corrected chi connectivity index (χ1v) is 10.7. The highest BCUT2D eigenvalue weighted by Gasteiger charge is 2.64. The van der Waals surface area contributed by atoms with Crippen LogP contribution in [0.3, 0.4) is 0 Å². The predicted octanol–water partition coefficient (Wildman–Crippen LogP) is 2.12. The van der Waals surface area contributed by atoms with E-state index in [1.807, 2.05) is 0 Å². The van der Waals surface area contributed by atoms with Crippen LogP contribution in [0.1, 0.15) is 17.3 Å². The minimum absolute atomic E-state index is 0.172. The van der Waals surface area contributed by atoms with Gasteiger partial charge in [-0.15, -0.1) is 0 Å². The number of ketones is 1. The fraction of sp³-hybridized carbons (Fsp3) is 0.208. The Hall–Kier alpha value is -4.67. The second kappa shape index (κ2) is 8.28. The van der Waals surface area contributed by atoms with Crippen molar-refractivity contribution in [3.63, 3.8) is 0 Å². The lowest BCUT2D eigenvalue weighted by molar-refractivity contribution is -0.384. The number of nitro groups is 1. The molecule has 0 spiro atoms. The van der Waals surface area contributed by atoms with Gasteiger partial charge in [-0.25, -0.2) is 4.90 Å². The van der Waals surface area contributed by atoms with Crippen molar-refractivity contribution in [1.29, 1.82) is 0 Å². The van der Waals surface area contributed by atoms with Crippen LogP contribution < -0.4 is 9.64 Å². The summed E-state index contributed by atoms with van der Waals surface area (Å²) < 4.78 is 5.01. The van der Waals surface area contributed by atoms with Gasteiger partial charge >= 0.3 is 5.97 Å². The molecule has 4 atom stereocenters. The Kier molecular flexibility index (Phi) is 5.24. The van der Waals surface area contributed by atoms with Crippen LogP contribution in [0.25, 0.3) is 0 Å². The third-order valence-electron chi connectivity index (χ3n) is 6.28. The highest BCUT2D eigenvalue weighted by Crippen LogP contribution is 2.46. The van der Waals surface area contributed by atoms with Gasteiger partial charge in [-0.05, 0) is 42.5 Å². The fourth-order valence-electron chi connectivity index (χ4n) is 4.84. The number of esters is 1. The summed E-state index contributed by atoms with van der Waals surface area (Å²) in [6, 6.07) is 9.40. The first-order valence-electron chi connectivity index (χ1n) is 10.7. The number of anilines is 1. The Morgan fingerprint density at radius 2 is 1.66 bits per heavy atom. The van der Waals surface area contributed by atoms with Crippen LogP contribution in [0.2, 0.25) is 0 Å². The molecular formula is C24H18N4O7. The summed E-state index contributed by atoms with van der Waals surface area (Å²) in [6.45, 7) is 1.26. The third-order valence-corrected chi connectivity index (χ3v) is 6.28. The number of ether oxygens (including phenoxy) is 1. The highest BCUT2D eigenvalue weighted by molar-refractivity contribution is 6.24. The van der Waals surface area contributed by atoms with E-state index in [2.05, 4.69) is 5.10 Å². The van der Waals surface area contributed by atoms with E-state index in [4.69, 9.17) is 4.74 Å². The fourth-order valence-corrected chi connectivity index (χ4v) is 4.84. The van der Waals surface area contributed by atoms with Gasteiger partial charge in [0.1, 0.15) is 11.8 Å². The molecule has 176 valence electrons. The van der Waals surface area contributed by atoms with Gasteiger partial charge in [-0.1, -0.05) is 6.08 Å². The van der Waals surface area contributed by atoms with Gasteiger partial charge in [0.25, 0.3) is 5.69 Å². The normalized spacial score (nSPS) is 24.4. The summed E-state index contributed by atoms with van der Waals surface area (Å²) in [5.41, 5.74) is 0.296. The van der Waals surface area contributed by atoms with Crippen LogP contribution in [0.15, 0.2) is 65.8 Å². The summed E-state index contributed by atoms with van der Waals surface area (Å²) in [5.74, 6) is -3.54. The summed E-state index contributed by atoms with van der Waals surface area (Å²) in [6.07, 6.45) is 4.88. The molecule has 0 saturated carbocycles. The molecule has 2 fully saturated rings. The lowest BCUT2D eigenvalue weighted by atomic mass is 9.86. The molecule has 2 aromatic rings. The number of nitro benzene ring substituents is 1. The topological polar surface area (TPSA) is 139 Å². The van der Waals surface area contributed by atoms with Crippen LogP contribution in [-0.4, -0.2) is 51.8 Å². The molecule has 0 unspecified atom stereocenters. The lowest BCUT2D eigenvalue weighted by Crippen LogP contribution is -2.46. The Morgan fingerprint density at radius 3 is 2.29 bits per heavy atom. The number of non-ortho nitro benzene ring substituents is 1. The summed E-state index contributed by atoms with van der Waals surface area (Å²) in [4.78, 5) is 63.1. The van der Waals surface area contributed by atoms with E-state index >= 15 is 0 Å². The van der Waals surface area contributed by atoms with E-state index in [1.165, 1.54) is 66.7 Å². The average molecular weight is 474 g/mol. The minimum atomic E-state index is -1.04. The monoisotopic (exact) mass is 474 g/mol. The number of imide groups is 1. The zero-order valence-corrected chi connectivity index (χ0v) is 18.3. The molecule has 3 aliphatic rings. The molecule has 11 nitrogen and oxygen atoms in total. The number of hydrogen-bond donors (Lipinski definition) is 0. The number of benzene rings is 2. The number of amides is 2. The second-order valence-electron chi connectivity index (χ2n) is 8.28. The van der Waals surface area contributed by atoms with Gasteiger partial charge in [0.05, 0.1) is 28.5 Å². The van der Waals surface area contributed by atoms with Crippen molar-refractivity contribution >= 4 is 41.2 Å². The molecule has 0 N–H and O–H groups in total. The van der Waals surface area contributed by atoms with Crippen molar-refractivity contribution < 1.29 is 28.8 Å². The Balaban J connectivity index is 1.50. The summed E-state index contributed by atoms with van der Waals surface area (Å²) in [7, 11) is 0. The van der Waals surface area contributed by atoms with Crippen LogP contribution in [0.5, 0.6) is 5.75 Å². The maximum Gasteiger partial charge on any atom is 0.308 e. The number of allylic oxidation sites excluding steroid dienone is 1. The standard InChI is InChI=1S/C24H18N4O7/c1-13(29)35-17-10-4-14(5-11-17)22(30)21-20-19(18-3-2-12-25-27(18)21)23(31)26(24(20)32)15-6-8-16(9-7-15)28(33)34/h2-12,18-21H,1H3/t18-,19-,20+,21+/m1/s1. The molecule has 0 aromatic heterocycles. The van der Waals surface area contributed by atoms with E-state index < -0.39 is 52.4 Å². The van der Waals surface area contributed by atoms with E-state index in [1.54, 1.807) is 12.2 Å². The van der Waals surface area contributed by atoms with Crippen molar-refractivity contribution in [2.24, 2.45) is 16.9 Å². The van der Waals surface area contributed by atoms with E-state index in [0.717, 1.165) is 4.90 Å². The van der Waals surface area contributed by atoms with Crippen LogP contribution >= 0.6 is 0 Å². The molecule has 0 aliphatic carbocycles. The number of fused-ring (bicyclic) bond motifs is 3. The van der Waals surface area contributed by atoms with Gasteiger partial charge in [0, 0.05) is 30.8 Å². The van der Waals surface area contributed by atoms with Crippen molar-refractivity contribution in [3.8, 4) is 5.75 Å². The second-order valence-corrected chi connectivity index (χ2v) is 8.28. The number of hydrazone groups is 1. The molecule has 0 bridgehead atoms. The van der Waals surface area contributed by atoms with Crippen LogP contribution in [0.4, 0.5) is 11.4 Å². The molecule has 3 aliphatic heterocycles. The van der Waals surface area contributed by atoms with E-state index in [0.29, 0.717) is 0 Å². The number of carbonyl (C=O) groups is 4. The number of Topliss-reactive ketones (excluding diaryl/α,β-unsaturated/α-hetero) is 1. The zero-order valence-electron chi connectivity index (χ0n) is 18.3. The molecule has 2 aromatic carbocycles. The predicted molar refractivity (Wildman–Crippen MR) is 122 cm³/mol. The summed E-state index contributed by atoms with van der Waals surface area (Å²) >= 11 is 0. The Morgan fingerprint density at radius 1 is 1.00 bits per heavy atom. The van der Waals surface area contributed by atoms with Gasteiger partial charge in [-0.3, -0.25) is 34.3 Å². The number of hydrogen-bond acceptors (Lipinski definition) is 9. The molecule has 5 rings (SSSR count). The average Bonchev–Trinajstić information content (AvgIpc) is 3.31. The third kappa shape index (κ3) is 3.57. The van der Waals surface area contributed by atoms with Crippen molar-refractivity contribution in [2.75, 3.05) is 4.90 Å². The quantitative estimate of drug-likeness (QED) is 0.160. The van der Waals surface area contributed by atoms with Gasteiger partial charge in [0.15, 0.2) is 5.78 Å². The smallest absolute Gasteiger partial charge is 0.308 e. The first kappa shape index (κ1) is 22.1. The Labute approximate surface area is 198 Å². The molecule has 35 heavy (non-hydrogen) atoms. The van der Waals surface area contributed by atoms with E-state index in [-0.39, 0.29) is 22.7 Å². The molecular weight excluding hydrogens is 456 g/mol. The molecule has 0 radical (unpaired) electrons. The summed E-state index contributed by atoms with van der Waals surface area (Å²) in [5, 5.41) is 16.8. The lowest BCUT2D eigenvalue weighted by Gasteiger charge is -2.30. The molecule has 11 heteroatoms. The minimum Gasteiger partial charge on any atom is -0.427 e. The number of nitrogens with zero attached hydrogens (tertiary/aromatic N) is 4. The van der Waals surface area contributed by atoms with Crippen molar-refractivity contribution in [1.82, 2.24) is 5.01 Å². The number of rotatable bonds is 5. The van der Waals surface area contributed by atoms with Crippen LogP contribution in [-0.2, 0) is 14.4 Å². The maximum atomic E-state index is 13.6. The largest absolute Gasteiger partial charge is 0.427 e. The highest BCUT2D eigenvalue weighted by atomic mass is 16.6. The van der Waals surface area contributed by atoms with Gasteiger partial charge in [0.2, 0.25) is 11.8 Å². The van der Waals surface area contributed by atoms with E-state index in [9.17, 15) is 29.3 Å².